The molecule has 0 N–H and O–H groups in total. The van der Waals surface area contributed by atoms with Crippen molar-refractivity contribution in [3.05, 3.63) is 47.2 Å². The average Bonchev–Trinajstić information content (AvgIpc) is 2.55. The van der Waals surface area contributed by atoms with E-state index >= 15 is 0 Å². The number of rotatable bonds is 4. The van der Waals surface area contributed by atoms with Crippen LogP contribution in [0.25, 0.3) is 0 Å². The Labute approximate surface area is 143 Å². The molecule has 4 nitrogen and oxygen atoms in total. The normalized spacial score (nSPS) is 21.1. The van der Waals surface area contributed by atoms with E-state index in [-0.39, 0.29) is 23.4 Å². The monoisotopic (exact) mass is 327 g/mol. The molecule has 4 heteroatoms. The standard InChI is InChI=1S/C20H25NO3/c1-20(2)13-16(21-8-10-24-11-9-21)19(18(23)14-20)17(22)12-15-6-4-3-5-7-15/h3-7H,8-14H2,1-2H3. The quantitative estimate of drug-likeness (QED) is 0.798. The van der Waals surface area contributed by atoms with Crippen LogP contribution < -0.4 is 0 Å². The number of carbonyl (C=O) groups is 2. The van der Waals surface area contributed by atoms with Gasteiger partial charge in [0.15, 0.2) is 11.6 Å². The first-order valence-electron chi connectivity index (χ1n) is 8.62. The van der Waals surface area contributed by atoms with E-state index in [1.807, 2.05) is 30.3 Å². The number of ketones is 2. The maximum atomic E-state index is 12.9. The molecule has 0 unspecified atom stereocenters. The van der Waals surface area contributed by atoms with Crippen LogP contribution in [0, 0.1) is 5.41 Å². The van der Waals surface area contributed by atoms with Crippen LogP contribution in [0.15, 0.2) is 41.6 Å². The Bertz CT molecular complexity index is 655. The van der Waals surface area contributed by atoms with E-state index in [4.69, 9.17) is 4.74 Å². The molecule has 2 aliphatic rings. The lowest BCUT2D eigenvalue weighted by Crippen LogP contribution is -2.42. The van der Waals surface area contributed by atoms with Crippen molar-refractivity contribution in [2.45, 2.75) is 33.1 Å². The fraction of sp³-hybridized carbons (Fsp3) is 0.500. The van der Waals surface area contributed by atoms with Crippen molar-refractivity contribution >= 4 is 11.6 Å². The third-order valence-corrected chi connectivity index (χ3v) is 4.73. The van der Waals surface area contributed by atoms with Gasteiger partial charge < -0.3 is 9.64 Å². The number of morpholine rings is 1. The molecular formula is C20H25NO3. The molecule has 24 heavy (non-hydrogen) atoms. The Morgan fingerprint density at radius 3 is 2.46 bits per heavy atom. The fourth-order valence-corrected chi connectivity index (χ4v) is 3.58. The highest BCUT2D eigenvalue weighted by molar-refractivity contribution is 6.21. The van der Waals surface area contributed by atoms with E-state index in [2.05, 4.69) is 18.7 Å². The highest BCUT2D eigenvalue weighted by atomic mass is 16.5. The first kappa shape index (κ1) is 16.9. The molecule has 1 aliphatic carbocycles. The molecule has 128 valence electrons. The van der Waals surface area contributed by atoms with Gasteiger partial charge in [0.1, 0.15) is 0 Å². The second-order valence-corrected chi connectivity index (χ2v) is 7.45. The molecule has 1 saturated heterocycles. The van der Waals surface area contributed by atoms with Gasteiger partial charge in [-0.1, -0.05) is 44.2 Å². The number of benzene rings is 1. The summed E-state index contributed by atoms with van der Waals surface area (Å²) in [6.45, 7) is 7.01. The third kappa shape index (κ3) is 3.75. The van der Waals surface area contributed by atoms with Crippen LogP contribution in [0.5, 0.6) is 0 Å². The summed E-state index contributed by atoms with van der Waals surface area (Å²) in [6.07, 6.45) is 1.50. The van der Waals surface area contributed by atoms with Crippen molar-refractivity contribution in [3.8, 4) is 0 Å². The number of nitrogens with zero attached hydrogens (tertiary/aromatic N) is 1. The summed E-state index contributed by atoms with van der Waals surface area (Å²) in [4.78, 5) is 27.8. The van der Waals surface area contributed by atoms with Crippen LogP contribution in [0.1, 0.15) is 32.3 Å². The van der Waals surface area contributed by atoms with Crippen molar-refractivity contribution in [1.29, 1.82) is 0 Å². The Hall–Kier alpha value is -1.94. The molecule has 0 radical (unpaired) electrons. The Morgan fingerprint density at radius 2 is 1.79 bits per heavy atom. The van der Waals surface area contributed by atoms with Crippen LogP contribution in [0.4, 0.5) is 0 Å². The minimum atomic E-state index is -0.0960. The van der Waals surface area contributed by atoms with Gasteiger partial charge in [-0.3, -0.25) is 9.59 Å². The minimum absolute atomic E-state index is 0.00586. The maximum Gasteiger partial charge on any atom is 0.172 e. The molecule has 3 rings (SSSR count). The Kier molecular flexibility index (Phi) is 4.86. The zero-order valence-electron chi connectivity index (χ0n) is 14.5. The van der Waals surface area contributed by atoms with Gasteiger partial charge in [-0.05, 0) is 17.4 Å². The van der Waals surface area contributed by atoms with Crippen LogP contribution in [-0.4, -0.2) is 42.8 Å². The van der Waals surface area contributed by atoms with Crippen LogP contribution >= 0.6 is 0 Å². The van der Waals surface area contributed by atoms with E-state index in [9.17, 15) is 9.59 Å². The Balaban J connectivity index is 1.93. The summed E-state index contributed by atoms with van der Waals surface area (Å²) < 4.78 is 5.43. The molecule has 1 aromatic rings. The lowest BCUT2D eigenvalue weighted by Gasteiger charge is -2.39. The summed E-state index contributed by atoms with van der Waals surface area (Å²) in [5.74, 6) is -0.0585. The highest BCUT2D eigenvalue weighted by Gasteiger charge is 2.38. The van der Waals surface area contributed by atoms with Crippen molar-refractivity contribution < 1.29 is 14.3 Å². The van der Waals surface area contributed by atoms with Gasteiger partial charge in [0, 0.05) is 31.6 Å². The van der Waals surface area contributed by atoms with Crippen LogP contribution in [0.3, 0.4) is 0 Å². The number of hydrogen-bond donors (Lipinski definition) is 0. The fourth-order valence-electron chi connectivity index (χ4n) is 3.58. The van der Waals surface area contributed by atoms with Gasteiger partial charge in [0.05, 0.1) is 18.8 Å². The molecule has 0 bridgehead atoms. The molecule has 1 heterocycles. The molecule has 0 aromatic heterocycles. The zero-order chi connectivity index (χ0) is 17.2. The lowest BCUT2D eigenvalue weighted by atomic mass is 9.74. The third-order valence-electron chi connectivity index (χ3n) is 4.73. The largest absolute Gasteiger partial charge is 0.378 e. The number of ether oxygens (including phenoxy) is 1. The van der Waals surface area contributed by atoms with Crippen molar-refractivity contribution in [2.24, 2.45) is 5.41 Å². The smallest absolute Gasteiger partial charge is 0.172 e. The van der Waals surface area contributed by atoms with Crippen LogP contribution in [-0.2, 0) is 20.7 Å². The zero-order valence-corrected chi connectivity index (χ0v) is 14.5. The predicted molar refractivity (Wildman–Crippen MR) is 92.6 cm³/mol. The molecule has 0 spiro atoms. The van der Waals surface area contributed by atoms with E-state index in [0.29, 0.717) is 25.2 Å². The van der Waals surface area contributed by atoms with Gasteiger partial charge in [-0.15, -0.1) is 0 Å². The topological polar surface area (TPSA) is 46.6 Å². The SMILES string of the molecule is CC1(C)CC(=O)C(C(=O)Cc2ccccc2)=C(N2CCOCC2)C1. The first-order chi connectivity index (χ1) is 11.5. The number of Topliss-reactive ketones (excluding diaryl/α,β-unsaturated/α-hetero) is 2. The summed E-state index contributed by atoms with van der Waals surface area (Å²) in [5, 5.41) is 0. The van der Waals surface area contributed by atoms with Gasteiger partial charge in [-0.2, -0.15) is 0 Å². The molecule has 1 aromatic carbocycles. The van der Waals surface area contributed by atoms with Crippen molar-refractivity contribution in [3.63, 3.8) is 0 Å². The van der Waals surface area contributed by atoms with Crippen LogP contribution in [0.2, 0.25) is 0 Å². The summed E-state index contributed by atoms with van der Waals surface area (Å²) >= 11 is 0. The Morgan fingerprint density at radius 1 is 1.12 bits per heavy atom. The second kappa shape index (κ2) is 6.89. The molecule has 1 fully saturated rings. The van der Waals surface area contributed by atoms with E-state index in [1.165, 1.54) is 0 Å². The summed E-state index contributed by atoms with van der Waals surface area (Å²) in [7, 11) is 0. The minimum Gasteiger partial charge on any atom is -0.378 e. The second-order valence-electron chi connectivity index (χ2n) is 7.45. The van der Waals surface area contributed by atoms with E-state index in [0.717, 1.165) is 30.8 Å². The van der Waals surface area contributed by atoms with Gasteiger partial charge in [0.2, 0.25) is 0 Å². The number of carbonyl (C=O) groups excluding carboxylic acids is 2. The maximum absolute atomic E-state index is 12.9. The predicted octanol–water partition coefficient (Wildman–Crippen LogP) is 2.77. The average molecular weight is 327 g/mol. The van der Waals surface area contributed by atoms with Gasteiger partial charge >= 0.3 is 0 Å². The molecule has 0 saturated carbocycles. The van der Waals surface area contributed by atoms with Gasteiger partial charge in [0.25, 0.3) is 0 Å². The van der Waals surface area contributed by atoms with E-state index < -0.39 is 0 Å². The molecular weight excluding hydrogens is 302 g/mol. The molecule has 1 aliphatic heterocycles. The van der Waals surface area contributed by atoms with Gasteiger partial charge in [-0.25, -0.2) is 0 Å². The van der Waals surface area contributed by atoms with Crippen molar-refractivity contribution in [1.82, 2.24) is 4.90 Å². The van der Waals surface area contributed by atoms with E-state index in [1.54, 1.807) is 0 Å². The molecule has 0 amide bonds. The summed E-state index contributed by atoms with van der Waals surface area (Å²) in [5.41, 5.74) is 2.22. The molecule has 0 atom stereocenters. The number of hydrogen-bond acceptors (Lipinski definition) is 4. The lowest BCUT2D eigenvalue weighted by molar-refractivity contribution is -0.123. The number of allylic oxidation sites excluding steroid dienone is 2. The van der Waals surface area contributed by atoms with Crippen molar-refractivity contribution in [2.75, 3.05) is 26.3 Å². The summed E-state index contributed by atoms with van der Waals surface area (Å²) in [6, 6.07) is 9.65. The first-order valence-corrected chi connectivity index (χ1v) is 8.62. The highest BCUT2D eigenvalue weighted by Crippen LogP contribution is 2.39.